The molecule has 3 aromatic rings. The maximum absolute atomic E-state index is 13.8. The van der Waals surface area contributed by atoms with Gasteiger partial charge in [0.15, 0.2) is 0 Å². The number of methoxy groups -OCH3 is 1. The fourth-order valence-electron chi connectivity index (χ4n) is 5.14. The van der Waals surface area contributed by atoms with E-state index in [1.807, 2.05) is 48.5 Å². The van der Waals surface area contributed by atoms with Gasteiger partial charge in [0.2, 0.25) is 11.8 Å². The van der Waals surface area contributed by atoms with Crippen LogP contribution in [0.5, 0.6) is 5.75 Å². The Bertz CT molecular complexity index is 1380. The highest BCUT2D eigenvalue weighted by Gasteiger charge is 2.40. The molecule has 0 aliphatic carbocycles. The molecule has 2 unspecified atom stereocenters. The Kier molecular flexibility index (Phi) is 8.44. The first-order chi connectivity index (χ1) is 19.2. The summed E-state index contributed by atoms with van der Waals surface area (Å²) in [6.45, 7) is 7.36. The Labute approximate surface area is 244 Å². The van der Waals surface area contributed by atoms with Crippen molar-refractivity contribution >= 4 is 41.0 Å². The number of aromatic nitrogens is 2. The highest BCUT2D eigenvalue weighted by Crippen LogP contribution is 2.48. The van der Waals surface area contributed by atoms with E-state index in [0.717, 1.165) is 35.3 Å². The average molecular weight is 583 g/mol. The smallest absolute Gasteiger partial charge is 0.240 e. The molecule has 0 radical (unpaired) electrons. The van der Waals surface area contributed by atoms with Gasteiger partial charge in [-0.2, -0.15) is 5.10 Å². The van der Waals surface area contributed by atoms with Gasteiger partial charge in [-0.15, -0.1) is 11.8 Å². The molecular weight excluding hydrogens is 548 g/mol. The van der Waals surface area contributed by atoms with Crippen LogP contribution in [-0.4, -0.2) is 60.3 Å². The molecule has 40 heavy (non-hydrogen) atoms. The molecule has 2 aliphatic rings. The van der Waals surface area contributed by atoms with Gasteiger partial charge in [0.25, 0.3) is 0 Å². The largest absolute Gasteiger partial charge is 0.497 e. The Hall–Kier alpha value is -3.01. The number of carbonyl (C=O) groups is 2. The van der Waals surface area contributed by atoms with E-state index in [9.17, 15) is 9.59 Å². The first kappa shape index (κ1) is 28.5. The minimum Gasteiger partial charge on any atom is -0.497 e. The van der Waals surface area contributed by atoms with Crippen molar-refractivity contribution < 1.29 is 19.1 Å². The van der Waals surface area contributed by atoms with Crippen LogP contribution in [0.1, 0.15) is 55.7 Å². The number of nitrogens with one attached hydrogen (secondary N) is 1. The van der Waals surface area contributed by atoms with Crippen molar-refractivity contribution in [1.82, 2.24) is 15.1 Å². The molecule has 2 atom stereocenters. The van der Waals surface area contributed by atoms with E-state index in [1.54, 1.807) is 16.7 Å². The number of ether oxygens (including phenoxy) is 2. The van der Waals surface area contributed by atoms with Gasteiger partial charge in [-0.3, -0.25) is 14.5 Å². The number of anilines is 1. The number of hydrogen-bond acceptors (Lipinski definition) is 6. The van der Waals surface area contributed by atoms with Gasteiger partial charge < -0.3 is 14.8 Å². The molecule has 212 valence electrons. The molecule has 8 nitrogen and oxygen atoms in total. The number of rotatable bonds is 7. The van der Waals surface area contributed by atoms with E-state index >= 15 is 0 Å². The molecule has 0 spiro atoms. The van der Waals surface area contributed by atoms with Gasteiger partial charge in [-0.1, -0.05) is 44.5 Å². The second kappa shape index (κ2) is 11.8. The molecule has 1 N–H and O–H groups in total. The van der Waals surface area contributed by atoms with Crippen LogP contribution < -0.4 is 15.0 Å². The maximum atomic E-state index is 13.8. The molecule has 2 aliphatic heterocycles. The lowest BCUT2D eigenvalue weighted by molar-refractivity contribution is -0.123. The Morgan fingerprint density at radius 2 is 2.00 bits per heavy atom. The van der Waals surface area contributed by atoms with Gasteiger partial charge in [0, 0.05) is 29.2 Å². The van der Waals surface area contributed by atoms with Crippen LogP contribution in [0, 0.1) is 0 Å². The summed E-state index contributed by atoms with van der Waals surface area (Å²) in [5.74, 6) is 1.13. The van der Waals surface area contributed by atoms with E-state index in [2.05, 4.69) is 26.1 Å². The summed E-state index contributed by atoms with van der Waals surface area (Å²) in [6.07, 6.45) is 1.93. The number of fused-ring (bicyclic) bond motifs is 1. The van der Waals surface area contributed by atoms with Crippen molar-refractivity contribution in [2.45, 2.75) is 50.4 Å². The molecule has 2 aromatic carbocycles. The predicted octanol–water partition coefficient (Wildman–Crippen LogP) is 5.30. The van der Waals surface area contributed by atoms with Crippen molar-refractivity contribution in [3.8, 4) is 11.4 Å². The first-order valence-electron chi connectivity index (χ1n) is 13.5. The summed E-state index contributed by atoms with van der Waals surface area (Å²) >= 11 is 7.95. The first-order valence-corrected chi connectivity index (χ1v) is 14.9. The molecule has 10 heteroatoms. The zero-order chi connectivity index (χ0) is 28.4. The van der Waals surface area contributed by atoms with Crippen LogP contribution >= 0.6 is 23.4 Å². The third-order valence-electron chi connectivity index (χ3n) is 7.12. The number of thioether (sulfide) groups is 1. The third-order valence-corrected chi connectivity index (χ3v) is 8.61. The average Bonchev–Trinajstić information content (AvgIpc) is 3.56. The second-order valence-electron chi connectivity index (χ2n) is 11.1. The molecule has 0 bridgehead atoms. The predicted molar refractivity (Wildman–Crippen MR) is 159 cm³/mol. The zero-order valence-electron chi connectivity index (χ0n) is 23.3. The molecule has 1 aromatic heterocycles. The summed E-state index contributed by atoms with van der Waals surface area (Å²) in [6, 6.07) is 15.3. The van der Waals surface area contributed by atoms with Crippen LogP contribution in [0.2, 0.25) is 5.02 Å². The number of hydrogen-bond donors (Lipinski definition) is 1. The third kappa shape index (κ3) is 6.01. The zero-order valence-corrected chi connectivity index (χ0v) is 24.8. The van der Waals surface area contributed by atoms with Gasteiger partial charge in [-0.25, -0.2) is 4.68 Å². The molecular formula is C30H35ClN4O4S. The SMILES string of the molecule is COc1ccc(-n2nc(C(C)(C)C)c3c2N(CC(=O)NCC2CCCO2)C(=O)CSC3c2cccc(Cl)c2)cc1. The highest BCUT2D eigenvalue weighted by molar-refractivity contribution is 8.00. The minimum atomic E-state index is -0.347. The summed E-state index contributed by atoms with van der Waals surface area (Å²) in [5.41, 5.74) is 3.17. The summed E-state index contributed by atoms with van der Waals surface area (Å²) in [5, 5.41) is 8.51. The summed E-state index contributed by atoms with van der Waals surface area (Å²) < 4.78 is 12.8. The number of carbonyl (C=O) groups excluding carboxylic acids is 2. The monoisotopic (exact) mass is 582 g/mol. The molecule has 1 saturated heterocycles. The van der Waals surface area contributed by atoms with E-state index < -0.39 is 0 Å². The lowest BCUT2D eigenvalue weighted by atomic mass is 9.87. The van der Waals surface area contributed by atoms with Gasteiger partial charge in [0.05, 0.1) is 35.6 Å². The van der Waals surface area contributed by atoms with Crippen LogP contribution in [0.4, 0.5) is 5.82 Å². The van der Waals surface area contributed by atoms with Crippen molar-refractivity contribution in [2.75, 3.05) is 37.5 Å². The van der Waals surface area contributed by atoms with Crippen LogP contribution in [0.3, 0.4) is 0 Å². The molecule has 1 fully saturated rings. The van der Waals surface area contributed by atoms with Gasteiger partial charge in [0.1, 0.15) is 18.1 Å². The highest BCUT2D eigenvalue weighted by atomic mass is 35.5. The van der Waals surface area contributed by atoms with Crippen molar-refractivity contribution in [3.63, 3.8) is 0 Å². The van der Waals surface area contributed by atoms with E-state index in [0.29, 0.717) is 29.7 Å². The molecule has 0 saturated carbocycles. The quantitative estimate of drug-likeness (QED) is 0.407. The Morgan fingerprint density at radius 3 is 2.65 bits per heavy atom. The van der Waals surface area contributed by atoms with E-state index in [1.165, 1.54) is 11.8 Å². The van der Waals surface area contributed by atoms with E-state index in [4.69, 9.17) is 26.2 Å². The van der Waals surface area contributed by atoms with E-state index in [-0.39, 0.29) is 40.9 Å². The fourth-order valence-corrected chi connectivity index (χ4v) is 6.53. The Balaban J connectivity index is 1.65. The lowest BCUT2D eigenvalue weighted by Crippen LogP contribution is -2.44. The lowest BCUT2D eigenvalue weighted by Gasteiger charge is -2.25. The van der Waals surface area contributed by atoms with Gasteiger partial charge >= 0.3 is 0 Å². The molecule has 3 heterocycles. The standard InChI is InChI=1S/C30H35ClN4O4S/c1-30(2,3)28-26-27(19-7-5-8-20(31)15-19)40-18-25(37)34(17-24(36)32-16-23-9-6-14-39-23)29(26)35(33-28)21-10-12-22(38-4)13-11-21/h5,7-8,10-13,15,23,27H,6,9,14,16-18H2,1-4H3,(H,32,36). The molecule has 2 amide bonds. The van der Waals surface area contributed by atoms with Crippen molar-refractivity contribution in [3.05, 3.63) is 70.4 Å². The molecule has 5 rings (SSSR count). The number of benzene rings is 2. The number of amides is 2. The Morgan fingerprint density at radius 1 is 1.23 bits per heavy atom. The fraction of sp³-hybridized carbons (Fsp3) is 0.433. The minimum absolute atomic E-state index is 0.0134. The van der Waals surface area contributed by atoms with Gasteiger partial charge in [-0.05, 0) is 54.8 Å². The van der Waals surface area contributed by atoms with Crippen LogP contribution in [0.15, 0.2) is 48.5 Å². The van der Waals surface area contributed by atoms with Crippen molar-refractivity contribution in [2.24, 2.45) is 0 Å². The van der Waals surface area contributed by atoms with Crippen molar-refractivity contribution in [1.29, 1.82) is 0 Å². The second-order valence-corrected chi connectivity index (χ2v) is 12.6. The summed E-state index contributed by atoms with van der Waals surface area (Å²) in [4.78, 5) is 28.6. The maximum Gasteiger partial charge on any atom is 0.240 e. The normalized spacial score (nSPS) is 19.3. The number of halogens is 1. The number of nitrogens with zero attached hydrogens (tertiary/aromatic N) is 3. The topological polar surface area (TPSA) is 85.7 Å². The van der Waals surface area contributed by atoms with Crippen LogP contribution in [-0.2, 0) is 19.7 Å². The van der Waals surface area contributed by atoms with Crippen LogP contribution in [0.25, 0.3) is 5.69 Å². The summed E-state index contributed by atoms with van der Waals surface area (Å²) in [7, 11) is 1.62.